The van der Waals surface area contributed by atoms with Crippen molar-refractivity contribution in [3.05, 3.63) is 94.5 Å². The van der Waals surface area contributed by atoms with Crippen LogP contribution in [0.5, 0.6) is 0 Å². The Bertz CT molecular complexity index is 1440. The van der Waals surface area contributed by atoms with Gasteiger partial charge in [-0.2, -0.15) is 0 Å². The summed E-state index contributed by atoms with van der Waals surface area (Å²) in [6.45, 7) is 8.44. The lowest BCUT2D eigenvalue weighted by molar-refractivity contribution is -0.120. The molecule has 4 aromatic carbocycles. The van der Waals surface area contributed by atoms with E-state index < -0.39 is 0 Å². The van der Waals surface area contributed by atoms with Gasteiger partial charge >= 0.3 is 0 Å². The summed E-state index contributed by atoms with van der Waals surface area (Å²) in [5.74, 6) is 0.301. The zero-order valence-corrected chi connectivity index (χ0v) is 21.1. The van der Waals surface area contributed by atoms with Crippen LogP contribution in [0.1, 0.15) is 53.0 Å². The highest BCUT2D eigenvalue weighted by molar-refractivity contribution is 5.96. The number of rotatable bonds is 4. The predicted molar refractivity (Wildman–Crippen MR) is 148 cm³/mol. The normalized spacial score (nSPS) is 17.6. The van der Waals surface area contributed by atoms with E-state index in [9.17, 15) is 4.79 Å². The number of amides is 1. The van der Waals surface area contributed by atoms with Gasteiger partial charge in [-0.15, -0.1) is 0 Å². The van der Waals surface area contributed by atoms with Gasteiger partial charge in [-0.05, 0) is 115 Å². The van der Waals surface area contributed by atoms with Crippen molar-refractivity contribution in [3.63, 3.8) is 0 Å². The van der Waals surface area contributed by atoms with E-state index in [2.05, 4.69) is 87.6 Å². The number of nitrogens with one attached hydrogen (secondary N) is 1. The first kappa shape index (κ1) is 23.2. The summed E-state index contributed by atoms with van der Waals surface area (Å²) in [4.78, 5) is 13.5. The Morgan fingerprint density at radius 2 is 1.66 bits per heavy atom. The fraction of sp³-hybridized carbons (Fsp3) is 0.281. The van der Waals surface area contributed by atoms with Crippen molar-refractivity contribution in [1.82, 2.24) is 0 Å². The number of fused-ring (bicyclic) bond motifs is 1. The number of carbonyl (C=O) groups excluding carboxylic acids is 1. The summed E-state index contributed by atoms with van der Waals surface area (Å²) >= 11 is 0. The zero-order chi connectivity index (χ0) is 24.7. The van der Waals surface area contributed by atoms with Gasteiger partial charge in [-0.3, -0.25) is 4.79 Å². The van der Waals surface area contributed by atoms with Gasteiger partial charge in [0, 0.05) is 22.7 Å². The zero-order valence-electron chi connectivity index (χ0n) is 21.1. The second kappa shape index (κ2) is 9.22. The van der Waals surface area contributed by atoms with Crippen LogP contribution in [0.4, 0.5) is 11.4 Å². The molecule has 1 amide bonds. The number of hydrogen-bond donors (Lipinski definition) is 2. The van der Waals surface area contributed by atoms with Crippen molar-refractivity contribution in [2.24, 2.45) is 5.92 Å². The summed E-state index contributed by atoms with van der Waals surface area (Å²) in [7, 11) is 0. The van der Waals surface area contributed by atoms with Crippen molar-refractivity contribution < 1.29 is 4.79 Å². The van der Waals surface area contributed by atoms with E-state index in [0.717, 1.165) is 41.6 Å². The van der Waals surface area contributed by atoms with Crippen LogP contribution in [0.2, 0.25) is 0 Å². The molecule has 0 aromatic heterocycles. The average Bonchev–Trinajstić information content (AvgIpc) is 3.30. The van der Waals surface area contributed by atoms with Gasteiger partial charge in [0.25, 0.3) is 0 Å². The smallest absolute Gasteiger partial charge is 0.228 e. The molecular weight excluding hydrogens is 428 g/mol. The van der Waals surface area contributed by atoms with Gasteiger partial charge in [0.1, 0.15) is 0 Å². The van der Waals surface area contributed by atoms with E-state index in [-0.39, 0.29) is 17.7 Å². The molecule has 0 spiro atoms. The molecular formula is C32H34N2O. The average molecular weight is 463 g/mol. The molecule has 0 radical (unpaired) electrons. The maximum absolute atomic E-state index is 13.5. The van der Waals surface area contributed by atoms with Crippen LogP contribution in [0, 0.1) is 33.6 Å². The van der Waals surface area contributed by atoms with E-state index in [4.69, 9.17) is 5.73 Å². The minimum absolute atomic E-state index is 0.0340. The highest BCUT2D eigenvalue weighted by atomic mass is 16.1. The lowest BCUT2D eigenvalue weighted by atomic mass is 9.84. The minimum Gasteiger partial charge on any atom is -0.398 e. The van der Waals surface area contributed by atoms with Gasteiger partial charge in [0.15, 0.2) is 0 Å². The van der Waals surface area contributed by atoms with Crippen LogP contribution < -0.4 is 11.1 Å². The molecule has 3 N–H and O–H groups in total. The highest BCUT2D eigenvalue weighted by Gasteiger charge is 2.35. The number of benzene rings is 4. The van der Waals surface area contributed by atoms with E-state index in [1.165, 1.54) is 38.8 Å². The molecule has 1 aliphatic rings. The topological polar surface area (TPSA) is 55.1 Å². The third kappa shape index (κ3) is 4.43. The molecule has 2 unspecified atom stereocenters. The van der Waals surface area contributed by atoms with E-state index in [1.54, 1.807) is 0 Å². The van der Waals surface area contributed by atoms with Gasteiger partial charge in [0.2, 0.25) is 5.91 Å². The van der Waals surface area contributed by atoms with Crippen LogP contribution in [0.3, 0.4) is 0 Å². The Hall–Kier alpha value is -3.59. The van der Waals surface area contributed by atoms with Crippen molar-refractivity contribution in [1.29, 1.82) is 0 Å². The van der Waals surface area contributed by atoms with Gasteiger partial charge < -0.3 is 11.1 Å². The van der Waals surface area contributed by atoms with Gasteiger partial charge in [0.05, 0.1) is 0 Å². The van der Waals surface area contributed by atoms with Crippen molar-refractivity contribution in [2.75, 3.05) is 11.1 Å². The molecule has 0 aliphatic heterocycles. The van der Waals surface area contributed by atoms with E-state index >= 15 is 0 Å². The molecule has 178 valence electrons. The van der Waals surface area contributed by atoms with Gasteiger partial charge in [-0.1, -0.05) is 48.9 Å². The number of aryl methyl sites for hydroxylation is 4. The summed E-state index contributed by atoms with van der Waals surface area (Å²) in [5, 5.41) is 5.52. The maximum Gasteiger partial charge on any atom is 0.228 e. The molecule has 3 heteroatoms. The summed E-state index contributed by atoms with van der Waals surface area (Å²) in [5.41, 5.74) is 16.5. The molecule has 1 fully saturated rings. The third-order valence-corrected chi connectivity index (χ3v) is 7.71. The standard InChI is InChI=1S/C32H34N2O/c1-19-14-24-16-21(3)28(18-29(24)30(33)15-19)26-10-7-11-27(26)32(35)34-31-13-12-23(17-22(31)4)25-9-6-5-8-20(25)2/h5-6,8-9,12-18,26-27H,7,10-11,33H2,1-4H3,(H,34,35). The third-order valence-electron chi connectivity index (χ3n) is 7.71. The summed E-state index contributed by atoms with van der Waals surface area (Å²) in [6.07, 6.45) is 3.01. The monoisotopic (exact) mass is 462 g/mol. The van der Waals surface area contributed by atoms with Crippen LogP contribution >= 0.6 is 0 Å². The van der Waals surface area contributed by atoms with Crippen molar-refractivity contribution in [2.45, 2.75) is 52.9 Å². The molecule has 5 rings (SSSR count). The predicted octanol–water partition coefficient (Wildman–Crippen LogP) is 7.85. The van der Waals surface area contributed by atoms with Crippen molar-refractivity contribution >= 4 is 28.1 Å². The molecule has 35 heavy (non-hydrogen) atoms. The maximum atomic E-state index is 13.5. The highest BCUT2D eigenvalue weighted by Crippen LogP contribution is 2.43. The summed E-state index contributed by atoms with van der Waals surface area (Å²) < 4.78 is 0. The lowest BCUT2D eigenvalue weighted by Crippen LogP contribution is -2.25. The van der Waals surface area contributed by atoms with Crippen LogP contribution in [-0.2, 0) is 4.79 Å². The minimum atomic E-state index is -0.0340. The van der Waals surface area contributed by atoms with Crippen LogP contribution in [0.15, 0.2) is 66.7 Å². The fourth-order valence-electron chi connectivity index (χ4n) is 5.87. The molecule has 4 aromatic rings. The number of hydrogen-bond acceptors (Lipinski definition) is 2. The number of nitrogens with two attached hydrogens (primary N) is 1. The largest absolute Gasteiger partial charge is 0.398 e. The van der Waals surface area contributed by atoms with E-state index in [1.807, 2.05) is 12.1 Å². The number of nitrogen functional groups attached to an aromatic ring is 1. The Morgan fingerprint density at radius 1 is 0.857 bits per heavy atom. The molecule has 0 saturated heterocycles. The molecule has 1 aliphatic carbocycles. The lowest BCUT2D eigenvalue weighted by Gasteiger charge is -2.23. The molecule has 3 nitrogen and oxygen atoms in total. The van der Waals surface area contributed by atoms with E-state index in [0.29, 0.717) is 0 Å². The second-order valence-electron chi connectivity index (χ2n) is 10.3. The Morgan fingerprint density at radius 3 is 2.43 bits per heavy atom. The Balaban J connectivity index is 1.40. The molecule has 0 bridgehead atoms. The Kier molecular flexibility index (Phi) is 6.10. The van der Waals surface area contributed by atoms with Crippen molar-refractivity contribution in [3.8, 4) is 11.1 Å². The first-order valence-corrected chi connectivity index (χ1v) is 12.6. The fourth-order valence-corrected chi connectivity index (χ4v) is 5.87. The molecule has 1 saturated carbocycles. The SMILES string of the molecule is Cc1cc(N)c2cc(C3CCCC3C(=O)Nc3ccc(-c4ccccc4C)cc3C)c(C)cc2c1. The molecule has 0 heterocycles. The number of carbonyl (C=O) groups is 1. The first-order valence-electron chi connectivity index (χ1n) is 12.6. The summed E-state index contributed by atoms with van der Waals surface area (Å²) in [6, 6.07) is 23.4. The quantitative estimate of drug-likeness (QED) is 0.303. The first-order chi connectivity index (χ1) is 16.8. The Labute approximate surface area is 208 Å². The van der Waals surface area contributed by atoms with Crippen LogP contribution in [-0.4, -0.2) is 5.91 Å². The second-order valence-corrected chi connectivity index (χ2v) is 10.3. The van der Waals surface area contributed by atoms with Gasteiger partial charge in [-0.25, -0.2) is 0 Å². The van der Waals surface area contributed by atoms with Crippen LogP contribution in [0.25, 0.3) is 21.9 Å². The molecule has 2 atom stereocenters. The number of anilines is 2.